The number of carboxylic acid groups (broad SMARTS) is 1. The summed E-state index contributed by atoms with van der Waals surface area (Å²) in [5.41, 5.74) is 0. The van der Waals surface area contributed by atoms with Gasteiger partial charge in [-0.2, -0.15) is 0 Å². The fourth-order valence-corrected chi connectivity index (χ4v) is 2.87. The van der Waals surface area contributed by atoms with E-state index in [1.165, 1.54) is 30.6 Å². The summed E-state index contributed by atoms with van der Waals surface area (Å²) in [5.74, 6) is -0.681. The molecule has 0 saturated heterocycles. The minimum Gasteiger partial charge on any atom is -0.480 e. The lowest BCUT2D eigenvalue weighted by Crippen LogP contribution is -2.44. The molecule has 6 nitrogen and oxygen atoms in total. The van der Waals surface area contributed by atoms with Crippen LogP contribution in [0.5, 0.6) is 0 Å². The molecular weight excluding hydrogens is 284 g/mol. The monoisotopic (exact) mass is 312 g/mol. The maximum absolute atomic E-state index is 12.0. The molecule has 1 aliphatic carbocycles. The molecule has 1 saturated carbocycles. The summed E-state index contributed by atoms with van der Waals surface area (Å²) in [6.45, 7) is 3.77. The van der Waals surface area contributed by atoms with Crippen molar-refractivity contribution < 1.29 is 19.5 Å². The average molecular weight is 312 g/mol. The zero-order valence-corrected chi connectivity index (χ0v) is 13.6. The van der Waals surface area contributed by atoms with Crippen molar-refractivity contribution in [1.29, 1.82) is 0 Å². The maximum atomic E-state index is 12.0. The molecule has 0 bridgehead atoms. The summed E-state index contributed by atoms with van der Waals surface area (Å²) in [5, 5.41) is 11.5. The number of carbonyl (C=O) groups excluding carboxylic acids is 2. The Kier molecular flexibility index (Phi) is 7.91. The summed E-state index contributed by atoms with van der Waals surface area (Å²) in [6.07, 6.45) is 6.24. The second-order valence-corrected chi connectivity index (χ2v) is 6.53. The van der Waals surface area contributed by atoms with Gasteiger partial charge < -0.3 is 15.3 Å². The van der Waals surface area contributed by atoms with Crippen LogP contribution in [0.2, 0.25) is 0 Å². The standard InChI is InChI=1S/C16H28N2O4/c1-12(2)10-18(11-16(21)22)15(20)9-17-14(19)8-7-13-5-3-4-6-13/h12-13H,3-11H2,1-2H3,(H,17,19)(H,21,22). The molecule has 6 heteroatoms. The third-order valence-corrected chi connectivity index (χ3v) is 3.96. The molecule has 22 heavy (non-hydrogen) atoms. The van der Waals surface area contributed by atoms with Crippen LogP contribution >= 0.6 is 0 Å². The fourth-order valence-electron chi connectivity index (χ4n) is 2.87. The number of amides is 2. The number of nitrogens with zero attached hydrogens (tertiary/aromatic N) is 1. The highest BCUT2D eigenvalue weighted by Gasteiger charge is 2.19. The fraction of sp³-hybridized carbons (Fsp3) is 0.812. The molecule has 2 N–H and O–H groups in total. The predicted octanol–water partition coefficient (Wildman–Crippen LogP) is 1.64. The molecule has 0 aliphatic heterocycles. The van der Waals surface area contributed by atoms with Gasteiger partial charge in [-0.3, -0.25) is 14.4 Å². The summed E-state index contributed by atoms with van der Waals surface area (Å²) >= 11 is 0. The van der Waals surface area contributed by atoms with Crippen LogP contribution in [0, 0.1) is 11.8 Å². The molecular formula is C16H28N2O4. The van der Waals surface area contributed by atoms with Crippen molar-refractivity contribution in [2.75, 3.05) is 19.6 Å². The van der Waals surface area contributed by atoms with Crippen LogP contribution in [0.15, 0.2) is 0 Å². The van der Waals surface area contributed by atoms with E-state index in [2.05, 4.69) is 5.32 Å². The normalized spacial score (nSPS) is 15.0. The van der Waals surface area contributed by atoms with Gasteiger partial charge in [0.05, 0.1) is 6.54 Å². The first-order valence-corrected chi connectivity index (χ1v) is 8.14. The van der Waals surface area contributed by atoms with E-state index >= 15 is 0 Å². The topological polar surface area (TPSA) is 86.7 Å². The zero-order chi connectivity index (χ0) is 16.5. The molecule has 1 rings (SSSR count). The van der Waals surface area contributed by atoms with Crippen LogP contribution in [0.3, 0.4) is 0 Å². The lowest BCUT2D eigenvalue weighted by Gasteiger charge is -2.22. The highest BCUT2D eigenvalue weighted by molar-refractivity contribution is 5.86. The Labute approximate surface area is 132 Å². The number of hydrogen-bond acceptors (Lipinski definition) is 3. The van der Waals surface area contributed by atoms with Crippen molar-refractivity contribution in [1.82, 2.24) is 10.2 Å². The smallest absolute Gasteiger partial charge is 0.323 e. The van der Waals surface area contributed by atoms with Gasteiger partial charge in [-0.25, -0.2) is 0 Å². The average Bonchev–Trinajstić information content (AvgIpc) is 2.94. The van der Waals surface area contributed by atoms with Crippen molar-refractivity contribution in [3.05, 3.63) is 0 Å². The SMILES string of the molecule is CC(C)CN(CC(=O)O)C(=O)CNC(=O)CCC1CCCC1. The van der Waals surface area contributed by atoms with Crippen molar-refractivity contribution in [3.8, 4) is 0 Å². The number of aliphatic carboxylic acids is 1. The number of carboxylic acids is 1. The first-order valence-electron chi connectivity index (χ1n) is 8.14. The van der Waals surface area contributed by atoms with E-state index < -0.39 is 5.97 Å². The van der Waals surface area contributed by atoms with Crippen LogP contribution < -0.4 is 5.32 Å². The summed E-state index contributed by atoms with van der Waals surface area (Å²) in [4.78, 5) is 35.9. The van der Waals surface area contributed by atoms with E-state index in [0.717, 1.165) is 6.42 Å². The van der Waals surface area contributed by atoms with E-state index in [-0.39, 0.29) is 30.8 Å². The maximum Gasteiger partial charge on any atom is 0.323 e. The lowest BCUT2D eigenvalue weighted by molar-refractivity contribution is -0.144. The Morgan fingerprint density at radius 2 is 1.86 bits per heavy atom. The van der Waals surface area contributed by atoms with Crippen LogP contribution in [-0.2, 0) is 14.4 Å². The van der Waals surface area contributed by atoms with Crippen LogP contribution in [-0.4, -0.2) is 47.4 Å². The lowest BCUT2D eigenvalue weighted by atomic mass is 10.0. The zero-order valence-electron chi connectivity index (χ0n) is 13.6. The quantitative estimate of drug-likeness (QED) is 0.677. The minimum absolute atomic E-state index is 0.122. The number of carbonyl (C=O) groups is 3. The van der Waals surface area contributed by atoms with Crippen molar-refractivity contribution in [3.63, 3.8) is 0 Å². The molecule has 126 valence electrons. The Morgan fingerprint density at radius 1 is 1.23 bits per heavy atom. The van der Waals surface area contributed by atoms with E-state index in [1.807, 2.05) is 13.8 Å². The van der Waals surface area contributed by atoms with Crippen molar-refractivity contribution in [2.45, 2.75) is 52.4 Å². The molecule has 0 heterocycles. The van der Waals surface area contributed by atoms with Gasteiger partial charge in [0, 0.05) is 13.0 Å². The van der Waals surface area contributed by atoms with E-state index in [4.69, 9.17) is 5.11 Å². The van der Waals surface area contributed by atoms with E-state index in [0.29, 0.717) is 18.9 Å². The second-order valence-electron chi connectivity index (χ2n) is 6.53. The predicted molar refractivity (Wildman–Crippen MR) is 83.3 cm³/mol. The molecule has 0 aromatic heterocycles. The van der Waals surface area contributed by atoms with E-state index in [1.54, 1.807) is 0 Å². The Balaban J connectivity index is 2.30. The Morgan fingerprint density at radius 3 is 2.41 bits per heavy atom. The minimum atomic E-state index is -1.04. The molecule has 0 radical (unpaired) electrons. The van der Waals surface area contributed by atoms with Gasteiger partial charge in [0.1, 0.15) is 6.54 Å². The largest absolute Gasteiger partial charge is 0.480 e. The van der Waals surface area contributed by atoms with Gasteiger partial charge in [0.2, 0.25) is 11.8 Å². The third-order valence-electron chi connectivity index (χ3n) is 3.96. The number of rotatable bonds is 9. The van der Waals surface area contributed by atoms with Gasteiger partial charge in [-0.1, -0.05) is 39.5 Å². The van der Waals surface area contributed by atoms with Gasteiger partial charge in [0.25, 0.3) is 0 Å². The summed E-state index contributed by atoms with van der Waals surface area (Å²) in [7, 11) is 0. The first-order chi connectivity index (χ1) is 10.4. The summed E-state index contributed by atoms with van der Waals surface area (Å²) < 4.78 is 0. The molecule has 0 aromatic rings. The Hall–Kier alpha value is -1.59. The van der Waals surface area contributed by atoms with Crippen LogP contribution in [0.1, 0.15) is 52.4 Å². The third kappa shape index (κ3) is 7.43. The van der Waals surface area contributed by atoms with Gasteiger partial charge in [0.15, 0.2) is 0 Å². The molecule has 0 aromatic carbocycles. The molecule has 0 unspecified atom stereocenters. The van der Waals surface area contributed by atoms with Crippen molar-refractivity contribution in [2.24, 2.45) is 11.8 Å². The van der Waals surface area contributed by atoms with Crippen molar-refractivity contribution >= 4 is 17.8 Å². The number of hydrogen-bond donors (Lipinski definition) is 2. The first kappa shape index (κ1) is 18.5. The highest BCUT2D eigenvalue weighted by Crippen LogP contribution is 2.28. The molecule has 1 fully saturated rings. The molecule has 1 aliphatic rings. The van der Waals surface area contributed by atoms with Gasteiger partial charge in [-0.15, -0.1) is 0 Å². The van der Waals surface area contributed by atoms with Crippen LogP contribution in [0.4, 0.5) is 0 Å². The second kappa shape index (κ2) is 9.43. The molecule has 0 spiro atoms. The summed E-state index contributed by atoms with van der Waals surface area (Å²) in [6, 6.07) is 0. The van der Waals surface area contributed by atoms with Crippen LogP contribution in [0.25, 0.3) is 0 Å². The Bertz CT molecular complexity index is 390. The molecule has 0 atom stereocenters. The molecule has 2 amide bonds. The highest BCUT2D eigenvalue weighted by atomic mass is 16.4. The number of nitrogens with one attached hydrogen (secondary N) is 1. The van der Waals surface area contributed by atoms with Gasteiger partial charge in [-0.05, 0) is 18.3 Å². The van der Waals surface area contributed by atoms with Gasteiger partial charge >= 0.3 is 5.97 Å². The van der Waals surface area contributed by atoms with E-state index in [9.17, 15) is 14.4 Å².